The first kappa shape index (κ1) is 26.3. The van der Waals surface area contributed by atoms with E-state index in [0.717, 1.165) is 24.2 Å². The number of carbonyl (C=O) groups is 1. The number of hydrogen-bond donors (Lipinski definition) is 1. The normalized spacial score (nSPS) is 31.1. The first-order chi connectivity index (χ1) is 18.8. The van der Waals surface area contributed by atoms with Crippen molar-refractivity contribution >= 4 is 47.0 Å². The first-order valence-corrected chi connectivity index (χ1v) is 13.9. The second-order valence-electron chi connectivity index (χ2n) is 10.5. The Balaban J connectivity index is 1.31. The van der Waals surface area contributed by atoms with Crippen molar-refractivity contribution in [2.24, 2.45) is 27.7 Å². The standard InChI is InChI=1S/C28H29Cl2FN4O4/c1-3-22(36)35-10-15-8-16(11-35)27(15)39-21-9-18-25(14(2)26(21)38-17-6-7-37-12-17)32-13-33-28(18)34-20-5-4-19(29)23(30)24(20)31/h3-5,9,13-17,25,27H,1,6-8,10-12H2,2H3,(H,32,33,34)/t14?,15-,16+,17-,25?,27?/m0/s1. The summed E-state index contributed by atoms with van der Waals surface area (Å²) in [5, 5.41) is 3.04. The topological polar surface area (TPSA) is 84.8 Å². The first-order valence-electron chi connectivity index (χ1n) is 13.1. The van der Waals surface area contributed by atoms with Crippen LogP contribution in [-0.2, 0) is 19.0 Å². The molecule has 8 nitrogen and oxygen atoms in total. The predicted molar refractivity (Wildman–Crippen MR) is 148 cm³/mol. The lowest BCUT2D eigenvalue weighted by Crippen LogP contribution is -2.60. The summed E-state index contributed by atoms with van der Waals surface area (Å²) in [5.41, 5.74) is 0.913. The van der Waals surface area contributed by atoms with E-state index in [1.165, 1.54) is 24.5 Å². The maximum absolute atomic E-state index is 14.9. The molecule has 39 heavy (non-hydrogen) atoms. The molecule has 1 aromatic carbocycles. The number of carbonyl (C=O) groups excluding carboxylic acids is 1. The number of allylic oxidation sites excluding steroid dienone is 1. The zero-order valence-corrected chi connectivity index (χ0v) is 22.9. The molecule has 6 atom stereocenters. The van der Waals surface area contributed by atoms with Gasteiger partial charge in [0.15, 0.2) is 11.6 Å². The van der Waals surface area contributed by atoms with Crippen molar-refractivity contribution < 1.29 is 23.4 Å². The number of amides is 1. The molecule has 206 valence electrons. The zero-order chi connectivity index (χ0) is 27.3. The fourth-order valence-electron chi connectivity index (χ4n) is 5.98. The Kier molecular flexibility index (Phi) is 7.16. The fourth-order valence-corrected chi connectivity index (χ4v) is 6.29. The van der Waals surface area contributed by atoms with Gasteiger partial charge in [0.1, 0.15) is 30.1 Å². The van der Waals surface area contributed by atoms with Crippen molar-refractivity contribution in [3.63, 3.8) is 0 Å². The summed E-state index contributed by atoms with van der Waals surface area (Å²) in [5.74, 6) is 1.36. The van der Waals surface area contributed by atoms with Crippen LogP contribution in [0.2, 0.25) is 10.0 Å². The molecule has 6 aliphatic rings. The Labute approximate surface area is 236 Å². The van der Waals surface area contributed by atoms with Gasteiger partial charge in [-0.3, -0.25) is 9.79 Å². The molecule has 3 saturated heterocycles. The average Bonchev–Trinajstić information content (AvgIpc) is 3.47. The summed E-state index contributed by atoms with van der Waals surface area (Å²) in [6, 6.07) is 2.75. The highest BCUT2D eigenvalue weighted by molar-refractivity contribution is 6.42. The minimum atomic E-state index is -0.659. The predicted octanol–water partition coefficient (Wildman–Crippen LogP) is 5.00. The second-order valence-corrected chi connectivity index (χ2v) is 11.3. The van der Waals surface area contributed by atoms with Crippen LogP contribution in [0.15, 0.2) is 57.9 Å². The van der Waals surface area contributed by atoms with E-state index in [0.29, 0.717) is 37.9 Å². The van der Waals surface area contributed by atoms with Crippen LogP contribution in [0.4, 0.5) is 10.1 Å². The Morgan fingerprint density at radius 2 is 2.08 bits per heavy atom. The largest absolute Gasteiger partial charge is 0.488 e. The van der Waals surface area contributed by atoms with Gasteiger partial charge in [0.05, 0.1) is 35.0 Å². The number of amidine groups is 1. The number of ether oxygens (including phenoxy) is 3. The van der Waals surface area contributed by atoms with E-state index < -0.39 is 5.82 Å². The molecular formula is C28H29Cl2FN4O4. The molecule has 0 aromatic heterocycles. The number of fused-ring (bicyclic) bond motifs is 3. The van der Waals surface area contributed by atoms with Gasteiger partial charge in [-0.1, -0.05) is 36.7 Å². The molecule has 1 amide bonds. The molecule has 2 bridgehead atoms. The van der Waals surface area contributed by atoms with Crippen molar-refractivity contribution in [2.75, 3.05) is 31.6 Å². The number of benzene rings is 1. The van der Waals surface area contributed by atoms with Crippen LogP contribution in [0.5, 0.6) is 0 Å². The maximum Gasteiger partial charge on any atom is 0.245 e. The third-order valence-corrected chi connectivity index (χ3v) is 8.87. The third-order valence-electron chi connectivity index (χ3n) is 8.09. The lowest BCUT2D eigenvalue weighted by Gasteiger charge is -2.53. The van der Waals surface area contributed by atoms with Crippen molar-refractivity contribution in [1.82, 2.24) is 4.90 Å². The van der Waals surface area contributed by atoms with E-state index in [9.17, 15) is 9.18 Å². The number of nitrogens with one attached hydrogen (secondary N) is 1. The fraction of sp³-hybridized carbons (Fsp3) is 0.464. The van der Waals surface area contributed by atoms with Gasteiger partial charge in [0, 0.05) is 42.8 Å². The molecule has 0 radical (unpaired) electrons. The van der Waals surface area contributed by atoms with Crippen LogP contribution >= 0.6 is 23.2 Å². The minimum absolute atomic E-state index is 0.0409. The summed E-state index contributed by atoms with van der Waals surface area (Å²) in [6.45, 7) is 8.10. The highest BCUT2D eigenvalue weighted by atomic mass is 35.5. The Bertz CT molecular complexity index is 1310. The lowest BCUT2D eigenvalue weighted by molar-refractivity contribution is -0.149. The number of rotatable bonds is 6. The van der Waals surface area contributed by atoms with Crippen LogP contribution in [-0.4, -0.2) is 67.5 Å². The van der Waals surface area contributed by atoms with E-state index in [4.69, 9.17) is 37.4 Å². The van der Waals surface area contributed by atoms with E-state index in [1.54, 1.807) is 0 Å². The lowest BCUT2D eigenvalue weighted by atomic mass is 9.68. The van der Waals surface area contributed by atoms with Gasteiger partial charge in [-0.2, -0.15) is 0 Å². The molecular weight excluding hydrogens is 546 g/mol. The highest BCUT2D eigenvalue weighted by Gasteiger charge is 2.50. The van der Waals surface area contributed by atoms with Gasteiger partial charge in [-0.05, 0) is 30.7 Å². The summed E-state index contributed by atoms with van der Waals surface area (Å²) < 4.78 is 33.6. The third kappa shape index (κ3) is 4.85. The molecule has 1 saturated carbocycles. The molecule has 2 aliphatic carbocycles. The second kappa shape index (κ2) is 10.6. The van der Waals surface area contributed by atoms with Crippen molar-refractivity contribution in [3.05, 3.63) is 63.8 Å². The molecule has 1 aromatic rings. The summed E-state index contributed by atoms with van der Waals surface area (Å²) in [4.78, 5) is 23.1. The SMILES string of the molecule is C=CC(=O)N1C[C@H]2C[C@@H](C1)C2OC1=C(O[C@H]2CCOC2)C(C)C2N=CN=C(Nc3ccc(Cl)c(Cl)c3F)C2=C1. The van der Waals surface area contributed by atoms with Gasteiger partial charge in [0.25, 0.3) is 0 Å². The molecule has 3 unspecified atom stereocenters. The van der Waals surface area contributed by atoms with Gasteiger partial charge in [-0.15, -0.1) is 0 Å². The van der Waals surface area contributed by atoms with Crippen LogP contribution in [0.3, 0.4) is 0 Å². The van der Waals surface area contributed by atoms with Crippen LogP contribution in [0.1, 0.15) is 19.8 Å². The molecule has 4 aliphatic heterocycles. The van der Waals surface area contributed by atoms with Crippen molar-refractivity contribution in [3.8, 4) is 0 Å². The van der Waals surface area contributed by atoms with Gasteiger partial charge in [0.2, 0.25) is 5.91 Å². The quantitative estimate of drug-likeness (QED) is 0.382. The van der Waals surface area contributed by atoms with Gasteiger partial charge >= 0.3 is 0 Å². The molecule has 0 spiro atoms. The molecule has 11 heteroatoms. The van der Waals surface area contributed by atoms with E-state index in [2.05, 4.69) is 21.9 Å². The van der Waals surface area contributed by atoms with Gasteiger partial charge < -0.3 is 24.4 Å². The number of hydrogen-bond acceptors (Lipinski definition) is 7. The summed E-state index contributed by atoms with van der Waals surface area (Å²) in [6.07, 6.45) is 6.43. The number of halogens is 3. The molecule has 1 N–H and O–H groups in total. The smallest absolute Gasteiger partial charge is 0.245 e. The number of piperidine rings is 2. The van der Waals surface area contributed by atoms with E-state index in [1.807, 2.05) is 17.9 Å². The number of anilines is 1. The summed E-state index contributed by atoms with van der Waals surface area (Å²) in [7, 11) is 0. The highest BCUT2D eigenvalue weighted by Crippen LogP contribution is 2.46. The Morgan fingerprint density at radius 1 is 1.28 bits per heavy atom. The van der Waals surface area contributed by atoms with Gasteiger partial charge in [-0.25, -0.2) is 9.38 Å². The van der Waals surface area contributed by atoms with Crippen LogP contribution in [0.25, 0.3) is 0 Å². The minimum Gasteiger partial charge on any atom is -0.488 e. The van der Waals surface area contributed by atoms with Crippen LogP contribution in [0, 0.1) is 23.6 Å². The zero-order valence-electron chi connectivity index (χ0n) is 21.4. The monoisotopic (exact) mass is 574 g/mol. The van der Waals surface area contributed by atoms with Crippen molar-refractivity contribution in [1.29, 1.82) is 0 Å². The number of nitrogens with zero attached hydrogens (tertiary/aromatic N) is 3. The number of aliphatic imine (C=N–C) groups is 2. The average molecular weight is 575 g/mol. The summed E-state index contributed by atoms with van der Waals surface area (Å²) >= 11 is 12.0. The maximum atomic E-state index is 14.9. The van der Waals surface area contributed by atoms with Crippen molar-refractivity contribution in [2.45, 2.75) is 38.0 Å². The molecule has 4 heterocycles. The molecule has 7 rings (SSSR count). The Morgan fingerprint density at radius 3 is 2.79 bits per heavy atom. The van der Waals surface area contributed by atoms with Crippen LogP contribution < -0.4 is 5.32 Å². The Hall–Kier alpha value is -2.88. The van der Waals surface area contributed by atoms with E-state index in [-0.39, 0.29) is 57.6 Å². The molecule has 4 fully saturated rings. The van der Waals surface area contributed by atoms with E-state index >= 15 is 0 Å².